The fraction of sp³-hybridized carbons (Fsp3) is 0.444. The molecule has 2 aliphatic rings. The van der Waals surface area contributed by atoms with Crippen molar-refractivity contribution in [2.75, 3.05) is 20.3 Å². The second-order valence-corrected chi connectivity index (χ2v) is 9.83. The second-order valence-electron chi connectivity index (χ2n) is 9.83. The number of aromatic hydroxyl groups is 2. The van der Waals surface area contributed by atoms with E-state index in [1.807, 2.05) is 0 Å². The maximum absolute atomic E-state index is 13.1. The number of ether oxygens (including phenoxy) is 5. The molecule has 3 heterocycles. The Morgan fingerprint density at radius 2 is 1.64 bits per heavy atom. The molecule has 2 aromatic carbocycles. The minimum atomic E-state index is -1.81. The van der Waals surface area contributed by atoms with Crippen molar-refractivity contribution in [2.45, 2.75) is 55.3 Å². The highest BCUT2D eigenvalue weighted by Gasteiger charge is 2.50. The normalized spacial score (nSPS) is 31.6. The van der Waals surface area contributed by atoms with Gasteiger partial charge in [-0.05, 0) is 24.3 Å². The standard InChI is InChI=1S/C27H30O15/c1-37-16-7-13(31)18-12(30)6-15(10-2-4-11(29)5-3-10)39-24(18)23(16)41-27-25(21(35)20(34)17(8-28)40-27)42-26-22(36)19(33)14(32)9-38-26/h2-7,14,17,19-22,25-29,31-36H,8-9H2,1H3. The molecule has 2 saturated heterocycles. The predicted molar refractivity (Wildman–Crippen MR) is 139 cm³/mol. The first-order chi connectivity index (χ1) is 20.0. The number of phenolic OH excluding ortho intramolecular Hbond substituents is 2. The molecule has 5 rings (SSSR count). The van der Waals surface area contributed by atoms with Crippen LogP contribution < -0.4 is 14.9 Å². The average molecular weight is 595 g/mol. The summed E-state index contributed by atoms with van der Waals surface area (Å²) in [6.45, 7) is -1.19. The van der Waals surface area contributed by atoms with E-state index < -0.39 is 79.7 Å². The van der Waals surface area contributed by atoms with Gasteiger partial charge >= 0.3 is 0 Å². The number of aliphatic hydroxyl groups excluding tert-OH is 6. The van der Waals surface area contributed by atoms with Crippen LogP contribution in [0.15, 0.2) is 45.6 Å². The fourth-order valence-corrected chi connectivity index (χ4v) is 4.77. The van der Waals surface area contributed by atoms with E-state index in [0.717, 1.165) is 12.1 Å². The molecule has 0 saturated carbocycles. The molecule has 8 N–H and O–H groups in total. The summed E-state index contributed by atoms with van der Waals surface area (Å²) in [5, 5.41) is 81.3. The molecule has 0 radical (unpaired) electrons. The number of methoxy groups -OCH3 is 1. The minimum Gasteiger partial charge on any atom is -0.508 e. The molecule has 0 aliphatic carbocycles. The summed E-state index contributed by atoms with van der Waals surface area (Å²) < 4.78 is 33.9. The Hall–Kier alpha value is -3.51. The first kappa shape index (κ1) is 30.0. The summed E-state index contributed by atoms with van der Waals surface area (Å²) in [6.07, 6.45) is -14.7. The van der Waals surface area contributed by atoms with Gasteiger partial charge in [0.2, 0.25) is 12.0 Å². The van der Waals surface area contributed by atoms with Gasteiger partial charge in [-0.1, -0.05) is 0 Å². The molecule has 0 spiro atoms. The fourth-order valence-electron chi connectivity index (χ4n) is 4.77. The van der Waals surface area contributed by atoms with Gasteiger partial charge in [-0.15, -0.1) is 0 Å². The van der Waals surface area contributed by atoms with Gasteiger partial charge < -0.3 is 69.0 Å². The van der Waals surface area contributed by atoms with Crippen molar-refractivity contribution >= 4 is 11.0 Å². The average Bonchev–Trinajstić information content (AvgIpc) is 2.97. The van der Waals surface area contributed by atoms with Crippen LogP contribution in [0.3, 0.4) is 0 Å². The molecule has 2 aliphatic heterocycles. The van der Waals surface area contributed by atoms with Gasteiger partial charge in [-0.3, -0.25) is 4.79 Å². The molecular formula is C27H30O15. The third kappa shape index (κ3) is 5.49. The molecule has 228 valence electrons. The molecular weight excluding hydrogens is 564 g/mol. The van der Waals surface area contributed by atoms with E-state index in [9.17, 15) is 45.6 Å². The first-order valence-corrected chi connectivity index (χ1v) is 12.8. The van der Waals surface area contributed by atoms with Crippen molar-refractivity contribution in [3.8, 4) is 34.3 Å². The Morgan fingerprint density at radius 3 is 2.31 bits per heavy atom. The van der Waals surface area contributed by atoms with E-state index in [1.165, 1.54) is 31.4 Å². The lowest BCUT2D eigenvalue weighted by Crippen LogP contribution is -2.63. The van der Waals surface area contributed by atoms with E-state index in [-0.39, 0.29) is 34.0 Å². The highest BCUT2D eigenvalue weighted by molar-refractivity contribution is 5.91. The van der Waals surface area contributed by atoms with E-state index in [1.54, 1.807) is 0 Å². The van der Waals surface area contributed by atoms with E-state index >= 15 is 0 Å². The molecule has 3 aromatic rings. The van der Waals surface area contributed by atoms with Gasteiger partial charge in [0.05, 0.1) is 20.3 Å². The van der Waals surface area contributed by atoms with Crippen molar-refractivity contribution in [1.82, 2.24) is 0 Å². The molecule has 1 aromatic heterocycles. The number of rotatable bonds is 7. The maximum Gasteiger partial charge on any atom is 0.230 e. The minimum absolute atomic E-state index is 0.0253. The summed E-state index contributed by atoms with van der Waals surface area (Å²) in [6, 6.07) is 7.91. The van der Waals surface area contributed by atoms with Crippen LogP contribution >= 0.6 is 0 Å². The number of hydrogen-bond donors (Lipinski definition) is 8. The predicted octanol–water partition coefficient (Wildman–Crippen LogP) is -1.48. The van der Waals surface area contributed by atoms with Crippen LogP contribution in [-0.2, 0) is 14.2 Å². The zero-order valence-electron chi connectivity index (χ0n) is 22.0. The Balaban J connectivity index is 1.59. The van der Waals surface area contributed by atoms with Crippen LogP contribution in [0.25, 0.3) is 22.3 Å². The molecule has 15 nitrogen and oxygen atoms in total. The van der Waals surface area contributed by atoms with E-state index in [0.29, 0.717) is 5.56 Å². The number of benzene rings is 2. The van der Waals surface area contributed by atoms with Crippen LogP contribution in [0.1, 0.15) is 0 Å². The van der Waals surface area contributed by atoms with Crippen molar-refractivity contribution in [3.05, 3.63) is 46.6 Å². The van der Waals surface area contributed by atoms with Crippen LogP contribution in [0.5, 0.6) is 23.0 Å². The Bertz CT molecular complexity index is 1460. The summed E-state index contributed by atoms with van der Waals surface area (Å²) in [7, 11) is 1.24. The van der Waals surface area contributed by atoms with Gasteiger partial charge in [0.1, 0.15) is 59.3 Å². The molecule has 15 heteroatoms. The summed E-state index contributed by atoms with van der Waals surface area (Å²) >= 11 is 0. The van der Waals surface area contributed by atoms with E-state index in [2.05, 4.69) is 0 Å². The Kier molecular flexibility index (Phi) is 8.56. The lowest BCUT2D eigenvalue weighted by Gasteiger charge is -2.44. The third-order valence-corrected chi connectivity index (χ3v) is 7.08. The van der Waals surface area contributed by atoms with Crippen molar-refractivity contribution in [3.63, 3.8) is 0 Å². The van der Waals surface area contributed by atoms with Gasteiger partial charge in [0.15, 0.2) is 29.2 Å². The van der Waals surface area contributed by atoms with Gasteiger partial charge in [-0.25, -0.2) is 0 Å². The highest BCUT2D eigenvalue weighted by atomic mass is 16.8. The molecule has 0 bridgehead atoms. The Morgan fingerprint density at radius 1 is 0.929 bits per heavy atom. The maximum atomic E-state index is 13.1. The van der Waals surface area contributed by atoms with Crippen molar-refractivity contribution in [1.29, 1.82) is 0 Å². The summed E-state index contributed by atoms with van der Waals surface area (Å²) in [5.41, 5.74) is -0.589. The third-order valence-electron chi connectivity index (χ3n) is 7.08. The van der Waals surface area contributed by atoms with Gasteiger partial charge in [-0.2, -0.15) is 0 Å². The number of phenols is 2. The van der Waals surface area contributed by atoms with Crippen molar-refractivity contribution < 1.29 is 69.0 Å². The second kappa shape index (κ2) is 12.0. The SMILES string of the molecule is COc1cc(O)c2c(=O)cc(-c3ccc(O)cc3)oc2c1OC1OC(CO)C(O)C(O)C1OC1OCC(O)C(O)C1O. The highest BCUT2D eigenvalue weighted by Crippen LogP contribution is 2.43. The van der Waals surface area contributed by atoms with Crippen LogP contribution in [-0.4, -0.2) is 116 Å². The van der Waals surface area contributed by atoms with E-state index in [4.69, 9.17) is 28.1 Å². The summed E-state index contributed by atoms with van der Waals surface area (Å²) in [4.78, 5) is 13.1. The largest absolute Gasteiger partial charge is 0.508 e. The zero-order chi connectivity index (χ0) is 30.3. The molecule has 2 fully saturated rings. The molecule has 42 heavy (non-hydrogen) atoms. The first-order valence-electron chi connectivity index (χ1n) is 12.8. The summed E-state index contributed by atoms with van der Waals surface area (Å²) in [5.74, 6) is -0.965. The Labute approximate surface area is 236 Å². The quantitative estimate of drug-likeness (QED) is 0.156. The number of aliphatic hydroxyl groups is 6. The monoisotopic (exact) mass is 594 g/mol. The molecule has 0 amide bonds. The van der Waals surface area contributed by atoms with Gasteiger partial charge in [0.25, 0.3) is 0 Å². The number of hydrogen-bond acceptors (Lipinski definition) is 15. The van der Waals surface area contributed by atoms with Crippen molar-refractivity contribution in [2.24, 2.45) is 0 Å². The zero-order valence-corrected chi connectivity index (χ0v) is 22.0. The van der Waals surface area contributed by atoms with Gasteiger partial charge in [0, 0.05) is 17.7 Å². The topological polar surface area (TPSA) is 238 Å². The lowest BCUT2D eigenvalue weighted by atomic mass is 9.98. The molecule has 9 unspecified atom stereocenters. The van der Waals surface area contributed by atoms with Crippen LogP contribution in [0.2, 0.25) is 0 Å². The lowest BCUT2D eigenvalue weighted by molar-refractivity contribution is -0.344. The van der Waals surface area contributed by atoms with Crippen LogP contribution in [0.4, 0.5) is 0 Å². The smallest absolute Gasteiger partial charge is 0.230 e. The number of fused-ring (bicyclic) bond motifs is 1. The molecule has 9 atom stereocenters. The van der Waals surface area contributed by atoms with Crippen LogP contribution in [0, 0.1) is 0 Å².